The van der Waals surface area contributed by atoms with Gasteiger partial charge in [0, 0.05) is 32.4 Å². The van der Waals surface area contributed by atoms with Gasteiger partial charge in [-0.3, -0.25) is 0 Å². The summed E-state index contributed by atoms with van der Waals surface area (Å²) in [4.78, 5) is 18.4. The summed E-state index contributed by atoms with van der Waals surface area (Å²) in [5.41, 5.74) is 2.10. The maximum atomic E-state index is 13.7. The Balaban J connectivity index is 1.55. The molecule has 0 saturated heterocycles. The lowest BCUT2D eigenvalue weighted by Crippen LogP contribution is -2.24. The smallest absolute Gasteiger partial charge is 0.227 e. The number of rotatable bonds is 9. The van der Waals surface area contributed by atoms with Gasteiger partial charge in [-0.05, 0) is 42.6 Å². The summed E-state index contributed by atoms with van der Waals surface area (Å²) >= 11 is 5.70. The third kappa shape index (κ3) is 5.74. The first kappa shape index (κ1) is 20.7. The molecule has 0 atom stereocenters. The van der Waals surface area contributed by atoms with Crippen molar-refractivity contribution in [3.05, 3.63) is 65.0 Å². The molecule has 0 fully saturated rings. The van der Waals surface area contributed by atoms with Crippen molar-refractivity contribution in [2.75, 3.05) is 28.6 Å². The maximum absolute atomic E-state index is 13.7. The molecule has 152 valence electrons. The Labute approximate surface area is 174 Å². The second-order valence-corrected chi connectivity index (χ2v) is 6.61. The van der Waals surface area contributed by atoms with Crippen molar-refractivity contribution in [3.63, 3.8) is 0 Å². The molecule has 1 aromatic carbocycles. The van der Waals surface area contributed by atoms with Gasteiger partial charge in [-0.2, -0.15) is 9.97 Å². The molecule has 0 saturated carbocycles. The van der Waals surface area contributed by atoms with Gasteiger partial charge < -0.3 is 15.5 Å². The molecule has 0 unspecified atom stereocenters. The summed E-state index contributed by atoms with van der Waals surface area (Å²) in [6.45, 7) is 6.95. The van der Waals surface area contributed by atoms with Crippen molar-refractivity contribution < 1.29 is 4.39 Å². The van der Waals surface area contributed by atoms with E-state index < -0.39 is 5.82 Å². The normalized spacial score (nSPS) is 10.6. The first-order valence-electron chi connectivity index (χ1n) is 9.40. The van der Waals surface area contributed by atoms with Crippen LogP contribution in [0.4, 0.5) is 22.0 Å². The number of anilines is 3. The third-order valence-corrected chi connectivity index (χ3v) is 4.54. The van der Waals surface area contributed by atoms with Crippen LogP contribution in [0.1, 0.15) is 25.0 Å². The van der Waals surface area contributed by atoms with Crippen molar-refractivity contribution in [1.29, 1.82) is 0 Å². The molecule has 2 N–H and O–H groups in total. The zero-order valence-electron chi connectivity index (χ0n) is 16.4. The van der Waals surface area contributed by atoms with Crippen molar-refractivity contribution in [3.8, 4) is 0 Å². The third-order valence-electron chi connectivity index (χ3n) is 4.36. The summed E-state index contributed by atoms with van der Waals surface area (Å²) in [6, 6.07) is 9.84. The molecular formula is C20H23ClFN7. The van der Waals surface area contributed by atoms with Crippen LogP contribution in [-0.2, 0) is 13.1 Å². The Morgan fingerprint density at radius 1 is 0.931 bits per heavy atom. The van der Waals surface area contributed by atoms with E-state index in [9.17, 15) is 4.39 Å². The predicted molar refractivity (Wildman–Crippen MR) is 114 cm³/mol. The molecular weight excluding hydrogens is 393 g/mol. The van der Waals surface area contributed by atoms with Crippen molar-refractivity contribution in [1.82, 2.24) is 19.9 Å². The molecule has 0 radical (unpaired) electrons. The highest BCUT2D eigenvalue weighted by atomic mass is 35.5. The minimum absolute atomic E-state index is 0.00388. The van der Waals surface area contributed by atoms with Crippen LogP contribution in [0.15, 0.2) is 42.7 Å². The lowest BCUT2D eigenvalue weighted by Gasteiger charge is -2.18. The molecule has 2 heterocycles. The molecule has 0 aliphatic carbocycles. The molecule has 2 aromatic heterocycles. The van der Waals surface area contributed by atoms with E-state index >= 15 is 0 Å². The second kappa shape index (κ2) is 9.97. The van der Waals surface area contributed by atoms with E-state index in [0.29, 0.717) is 13.1 Å². The molecule has 0 bridgehead atoms. The van der Waals surface area contributed by atoms with Gasteiger partial charge in [0.05, 0.1) is 6.20 Å². The van der Waals surface area contributed by atoms with Crippen LogP contribution in [0.2, 0.25) is 5.28 Å². The minimum atomic E-state index is -0.538. The highest BCUT2D eigenvalue weighted by Gasteiger charge is 2.07. The number of aromatic nitrogens is 4. The first-order valence-corrected chi connectivity index (χ1v) is 9.78. The molecule has 7 nitrogen and oxygen atoms in total. The molecule has 0 amide bonds. The molecule has 9 heteroatoms. The fraction of sp³-hybridized carbons (Fsp3) is 0.300. The predicted octanol–water partition coefficient (Wildman–Crippen LogP) is 4.13. The van der Waals surface area contributed by atoms with Crippen LogP contribution >= 0.6 is 11.6 Å². The van der Waals surface area contributed by atoms with Crippen molar-refractivity contribution in [2.45, 2.75) is 26.9 Å². The van der Waals surface area contributed by atoms with Crippen LogP contribution in [-0.4, -0.2) is 33.0 Å². The number of benzene rings is 1. The number of halogens is 2. The van der Waals surface area contributed by atoms with Gasteiger partial charge >= 0.3 is 0 Å². The zero-order chi connectivity index (χ0) is 20.6. The summed E-state index contributed by atoms with van der Waals surface area (Å²) < 4.78 is 13.7. The maximum Gasteiger partial charge on any atom is 0.227 e. The second-order valence-electron chi connectivity index (χ2n) is 6.27. The van der Waals surface area contributed by atoms with E-state index in [1.807, 2.05) is 30.3 Å². The highest BCUT2D eigenvalue weighted by molar-refractivity contribution is 6.28. The van der Waals surface area contributed by atoms with Gasteiger partial charge in [-0.25, -0.2) is 14.4 Å². The van der Waals surface area contributed by atoms with E-state index in [0.717, 1.165) is 42.2 Å². The Bertz CT molecular complexity index is 932. The van der Waals surface area contributed by atoms with Crippen LogP contribution in [0.5, 0.6) is 0 Å². The minimum Gasteiger partial charge on any atom is -0.366 e. The van der Waals surface area contributed by atoms with Crippen LogP contribution in [0.25, 0.3) is 0 Å². The number of hydrogen-bond donors (Lipinski definition) is 2. The van der Waals surface area contributed by atoms with E-state index in [1.54, 1.807) is 6.20 Å². The van der Waals surface area contributed by atoms with E-state index in [4.69, 9.17) is 11.6 Å². The lowest BCUT2D eigenvalue weighted by atomic mass is 10.1. The summed E-state index contributed by atoms with van der Waals surface area (Å²) in [7, 11) is 0. The summed E-state index contributed by atoms with van der Waals surface area (Å²) in [6.07, 6.45) is 2.81. The fourth-order valence-corrected chi connectivity index (χ4v) is 2.86. The fourth-order valence-electron chi connectivity index (χ4n) is 2.73. The van der Waals surface area contributed by atoms with Gasteiger partial charge in [0.2, 0.25) is 11.2 Å². The first-order chi connectivity index (χ1) is 14.1. The van der Waals surface area contributed by atoms with Crippen LogP contribution in [0.3, 0.4) is 0 Å². The Morgan fingerprint density at radius 2 is 1.59 bits per heavy atom. The van der Waals surface area contributed by atoms with Gasteiger partial charge in [-0.1, -0.05) is 24.3 Å². The SMILES string of the molecule is CCN(CC)c1nccc(NCc2ccc(CNc3nc(Cl)ncc3F)cc2)n1. The quantitative estimate of drug-likeness (QED) is 0.508. The van der Waals surface area contributed by atoms with E-state index in [1.165, 1.54) is 0 Å². The van der Waals surface area contributed by atoms with Gasteiger partial charge in [-0.15, -0.1) is 0 Å². The van der Waals surface area contributed by atoms with Gasteiger partial charge in [0.1, 0.15) is 5.82 Å². The molecule has 0 aliphatic heterocycles. The van der Waals surface area contributed by atoms with E-state index in [-0.39, 0.29) is 11.1 Å². The average molecular weight is 416 g/mol. The monoisotopic (exact) mass is 415 g/mol. The number of nitrogens with one attached hydrogen (secondary N) is 2. The highest BCUT2D eigenvalue weighted by Crippen LogP contribution is 2.15. The van der Waals surface area contributed by atoms with Gasteiger partial charge in [0.15, 0.2) is 11.6 Å². The van der Waals surface area contributed by atoms with Crippen LogP contribution in [0, 0.1) is 5.82 Å². The number of nitrogens with zero attached hydrogens (tertiary/aromatic N) is 5. The van der Waals surface area contributed by atoms with E-state index in [2.05, 4.69) is 49.3 Å². The average Bonchev–Trinajstić information content (AvgIpc) is 2.75. The molecule has 0 spiro atoms. The van der Waals surface area contributed by atoms with Crippen LogP contribution < -0.4 is 15.5 Å². The van der Waals surface area contributed by atoms with Crippen molar-refractivity contribution >= 4 is 29.2 Å². The molecule has 3 rings (SSSR count). The molecule has 3 aromatic rings. The Hall–Kier alpha value is -3.00. The largest absolute Gasteiger partial charge is 0.366 e. The molecule has 29 heavy (non-hydrogen) atoms. The summed E-state index contributed by atoms with van der Waals surface area (Å²) in [5.74, 6) is 1.05. The lowest BCUT2D eigenvalue weighted by molar-refractivity contribution is 0.616. The zero-order valence-corrected chi connectivity index (χ0v) is 17.1. The number of hydrogen-bond acceptors (Lipinski definition) is 7. The summed E-state index contributed by atoms with van der Waals surface area (Å²) in [5, 5.41) is 6.25. The molecule has 0 aliphatic rings. The Morgan fingerprint density at radius 3 is 2.24 bits per heavy atom. The van der Waals surface area contributed by atoms with Crippen molar-refractivity contribution in [2.24, 2.45) is 0 Å². The van der Waals surface area contributed by atoms with Gasteiger partial charge in [0.25, 0.3) is 0 Å². The topological polar surface area (TPSA) is 78.9 Å². The standard InChI is InChI=1S/C20H23ClFN7/c1-3-29(4-2)20-23-10-9-17(27-20)24-11-14-5-7-15(8-6-14)12-25-18-16(22)13-26-19(21)28-18/h5-10,13H,3-4,11-12H2,1-2H3,(H,23,24,27)(H,25,26,28). The Kier molecular flexibility index (Phi) is 7.13.